The topological polar surface area (TPSA) is 66.4 Å². The van der Waals surface area contributed by atoms with Gasteiger partial charge in [-0.1, -0.05) is 22.0 Å². The van der Waals surface area contributed by atoms with Crippen LogP contribution in [0.2, 0.25) is 0 Å². The maximum absolute atomic E-state index is 12.0. The van der Waals surface area contributed by atoms with Gasteiger partial charge in [0.1, 0.15) is 6.10 Å². The minimum Gasteiger partial charge on any atom is -0.386 e. The number of hydrogen-bond acceptors (Lipinski definition) is 4. The molecule has 0 unspecified atom stereocenters. The summed E-state index contributed by atoms with van der Waals surface area (Å²) in [7, 11) is -3.59. The molecule has 4 nitrogen and oxygen atoms in total. The summed E-state index contributed by atoms with van der Waals surface area (Å²) in [5.74, 6) is 0. The highest BCUT2D eigenvalue weighted by Gasteiger charge is 2.16. The van der Waals surface area contributed by atoms with Crippen molar-refractivity contribution in [2.24, 2.45) is 0 Å². The Kier molecular flexibility index (Phi) is 4.75. The van der Waals surface area contributed by atoms with Crippen LogP contribution in [0.1, 0.15) is 11.0 Å². The molecule has 0 aliphatic heterocycles. The number of benzene rings is 1. The number of nitrogens with one attached hydrogen (secondary N) is 1. The average Bonchev–Trinajstić information content (AvgIpc) is 2.90. The van der Waals surface area contributed by atoms with E-state index in [2.05, 4.69) is 20.7 Å². The van der Waals surface area contributed by atoms with Crippen molar-refractivity contribution in [2.75, 3.05) is 6.54 Å². The van der Waals surface area contributed by atoms with Crippen LogP contribution in [0.3, 0.4) is 0 Å². The maximum Gasteiger partial charge on any atom is 0.240 e. The van der Waals surface area contributed by atoms with Crippen LogP contribution in [0.25, 0.3) is 0 Å². The molecule has 2 aromatic rings. The van der Waals surface area contributed by atoms with Gasteiger partial charge in [0.2, 0.25) is 10.0 Å². The standard InChI is InChI=1S/C12H12BrNO3S2/c13-9-3-5-10(6-4-9)19(16,17)14-8-11(15)12-2-1-7-18-12/h1-7,11,14-15H,8H2/t11-/m1/s1. The molecule has 19 heavy (non-hydrogen) atoms. The Labute approximate surface area is 124 Å². The van der Waals surface area contributed by atoms with Gasteiger partial charge in [-0.05, 0) is 35.7 Å². The first-order valence-electron chi connectivity index (χ1n) is 5.46. The first-order valence-corrected chi connectivity index (χ1v) is 8.61. The molecule has 7 heteroatoms. The molecule has 0 amide bonds. The highest BCUT2D eigenvalue weighted by Crippen LogP contribution is 2.19. The number of aliphatic hydroxyl groups excluding tert-OH is 1. The zero-order chi connectivity index (χ0) is 13.9. The summed E-state index contributed by atoms with van der Waals surface area (Å²) < 4.78 is 27.2. The fourth-order valence-corrected chi connectivity index (χ4v) is 3.48. The zero-order valence-corrected chi connectivity index (χ0v) is 13.0. The van der Waals surface area contributed by atoms with E-state index < -0.39 is 16.1 Å². The quantitative estimate of drug-likeness (QED) is 0.859. The van der Waals surface area contributed by atoms with Crippen LogP contribution in [0.4, 0.5) is 0 Å². The Balaban J connectivity index is 2.04. The van der Waals surface area contributed by atoms with E-state index in [1.807, 2.05) is 11.4 Å². The van der Waals surface area contributed by atoms with Crippen molar-refractivity contribution in [2.45, 2.75) is 11.0 Å². The van der Waals surface area contributed by atoms with Gasteiger partial charge in [0.25, 0.3) is 0 Å². The Hall–Kier alpha value is -0.730. The second kappa shape index (κ2) is 6.15. The normalized spacial score (nSPS) is 13.4. The fraction of sp³-hybridized carbons (Fsp3) is 0.167. The van der Waals surface area contributed by atoms with Gasteiger partial charge in [-0.2, -0.15) is 0 Å². The molecule has 0 radical (unpaired) electrons. The van der Waals surface area contributed by atoms with Gasteiger partial charge in [-0.3, -0.25) is 0 Å². The number of rotatable bonds is 5. The number of hydrogen-bond donors (Lipinski definition) is 2. The highest BCUT2D eigenvalue weighted by molar-refractivity contribution is 9.10. The van der Waals surface area contributed by atoms with Crippen LogP contribution < -0.4 is 4.72 Å². The third-order valence-corrected chi connectivity index (χ3v) is 5.40. The van der Waals surface area contributed by atoms with E-state index in [0.717, 1.165) is 9.35 Å². The van der Waals surface area contributed by atoms with Crippen molar-refractivity contribution >= 4 is 37.3 Å². The van der Waals surface area contributed by atoms with Crippen molar-refractivity contribution in [1.29, 1.82) is 0 Å². The zero-order valence-electron chi connectivity index (χ0n) is 9.78. The summed E-state index contributed by atoms with van der Waals surface area (Å²) in [6.45, 7) is -0.0427. The van der Waals surface area contributed by atoms with Gasteiger partial charge in [0, 0.05) is 15.9 Å². The lowest BCUT2D eigenvalue weighted by atomic mass is 10.3. The third-order valence-electron chi connectivity index (χ3n) is 2.46. The third kappa shape index (κ3) is 3.87. The predicted molar refractivity (Wildman–Crippen MR) is 78.6 cm³/mol. The Bertz CT molecular complexity index is 624. The molecule has 0 saturated carbocycles. The summed E-state index contributed by atoms with van der Waals surface area (Å²) in [4.78, 5) is 0.910. The molecule has 1 atom stereocenters. The van der Waals surface area contributed by atoms with Crippen LogP contribution in [-0.2, 0) is 10.0 Å². The summed E-state index contributed by atoms with van der Waals surface area (Å²) in [5.41, 5.74) is 0. The van der Waals surface area contributed by atoms with Crippen LogP contribution in [0.15, 0.2) is 51.1 Å². The van der Waals surface area contributed by atoms with Crippen molar-refractivity contribution in [3.8, 4) is 0 Å². The van der Waals surface area contributed by atoms with E-state index in [1.165, 1.54) is 23.5 Å². The fourth-order valence-electron chi connectivity index (χ4n) is 1.47. The second-order valence-electron chi connectivity index (χ2n) is 3.84. The molecule has 0 spiro atoms. The lowest BCUT2D eigenvalue weighted by Gasteiger charge is -2.11. The van der Waals surface area contributed by atoms with Crippen molar-refractivity contribution < 1.29 is 13.5 Å². The van der Waals surface area contributed by atoms with Crippen LogP contribution in [-0.4, -0.2) is 20.1 Å². The molecular formula is C12H12BrNO3S2. The van der Waals surface area contributed by atoms with E-state index in [9.17, 15) is 13.5 Å². The van der Waals surface area contributed by atoms with Crippen LogP contribution in [0, 0.1) is 0 Å². The largest absolute Gasteiger partial charge is 0.386 e. The monoisotopic (exact) mass is 361 g/mol. The number of sulfonamides is 1. The van der Waals surface area contributed by atoms with E-state index in [1.54, 1.807) is 18.2 Å². The molecule has 2 rings (SSSR count). The summed E-state index contributed by atoms with van der Waals surface area (Å²) in [6, 6.07) is 9.90. The van der Waals surface area contributed by atoms with E-state index in [-0.39, 0.29) is 11.4 Å². The molecule has 2 N–H and O–H groups in total. The lowest BCUT2D eigenvalue weighted by Crippen LogP contribution is -2.28. The van der Waals surface area contributed by atoms with Crippen molar-refractivity contribution in [1.82, 2.24) is 4.72 Å². The first kappa shape index (κ1) is 14.7. The summed E-state index contributed by atoms with van der Waals surface area (Å²) in [6.07, 6.45) is -0.828. The van der Waals surface area contributed by atoms with Gasteiger partial charge in [-0.25, -0.2) is 13.1 Å². The SMILES string of the molecule is O=S(=O)(NC[C@@H](O)c1cccs1)c1ccc(Br)cc1. The van der Waals surface area contributed by atoms with Crippen molar-refractivity contribution in [3.63, 3.8) is 0 Å². The van der Waals surface area contributed by atoms with E-state index in [0.29, 0.717) is 0 Å². The Morgan fingerprint density at radius 1 is 1.26 bits per heavy atom. The molecular weight excluding hydrogens is 350 g/mol. The summed E-state index contributed by atoms with van der Waals surface area (Å²) in [5, 5.41) is 11.7. The van der Waals surface area contributed by atoms with Gasteiger partial charge in [-0.15, -0.1) is 11.3 Å². The van der Waals surface area contributed by atoms with Gasteiger partial charge in [0.05, 0.1) is 4.90 Å². The number of thiophene rings is 1. The molecule has 1 aromatic carbocycles. The van der Waals surface area contributed by atoms with E-state index >= 15 is 0 Å². The van der Waals surface area contributed by atoms with Crippen molar-refractivity contribution in [3.05, 3.63) is 51.1 Å². The molecule has 0 bridgehead atoms. The van der Waals surface area contributed by atoms with Gasteiger partial charge < -0.3 is 5.11 Å². The smallest absolute Gasteiger partial charge is 0.240 e. The minimum absolute atomic E-state index is 0.0427. The van der Waals surface area contributed by atoms with E-state index in [4.69, 9.17) is 0 Å². The first-order chi connectivity index (χ1) is 8.99. The maximum atomic E-state index is 12.0. The lowest BCUT2D eigenvalue weighted by molar-refractivity contribution is 0.186. The highest BCUT2D eigenvalue weighted by atomic mass is 79.9. The predicted octanol–water partition coefficient (Wildman–Crippen LogP) is 2.52. The molecule has 0 aliphatic carbocycles. The minimum atomic E-state index is -3.59. The molecule has 0 fully saturated rings. The molecule has 1 heterocycles. The van der Waals surface area contributed by atoms with Crippen LogP contribution in [0.5, 0.6) is 0 Å². The van der Waals surface area contributed by atoms with Crippen LogP contribution >= 0.6 is 27.3 Å². The summed E-state index contributed by atoms with van der Waals surface area (Å²) >= 11 is 4.64. The van der Waals surface area contributed by atoms with Gasteiger partial charge >= 0.3 is 0 Å². The molecule has 102 valence electrons. The molecule has 1 aromatic heterocycles. The Morgan fingerprint density at radius 3 is 2.53 bits per heavy atom. The number of halogens is 1. The molecule has 0 aliphatic rings. The van der Waals surface area contributed by atoms with Gasteiger partial charge in [0.15, 0.2) is 0 Å². The second-order valence-corrected chi connectivity index (χ2v) is 7.50. The number of aliphatic hydroxyl groups is 1. The average molecular weight is 362 g/mol. The molecule has 0 saturated heterocycles. The Morgan fingerprint density at radius 2 is 1.95 bits per heavy atom.